The molecule has 0 aromatic carbocycles. The molecule has 0 radical (unpaired) electrons. The van der Waals surface area contributed by atoms with E-state index in [2.05, 4.69) is 19.2 Å². The fourth-order valence-electron chi connectivity index (χ4n) is 2.00. The van der Waals surface area contributed by atoms with Gasteiger partial charge < -0.3 is 14.2 Å². The van der Waals surface area contributed by atoms with Crippen LogP contribution in [0.5, 0.6) is 0 Å². The molecule has 0 amide bonds. The smallest absolute Gasteiger partial charge is 0.305 e. The molecule has 0 atom stereocenters. The van der Waals surface area contributed by atoms with Crippen LogP contribution in [0.25, 0.3) is 0 Å². The summed E-state index contributed by atoms with van der Waals surface area (Å²) in [5.41, 5.74) is 0. The molecule has 0 aliphatic heterocycles. The monoisotopic (exact) mass is 360 g/mol. The number of unbranched alkanes of at least 4 members (excludes halogenated alkanes) is 3. The van der Waals surface area contributed by atoms with Gasteiger partial charge in [-0.05, 0) is 31.4 Å². The maximum atomic E-state index is 11.6. The first-order valence-electron chi connectivity index (χ1n) is 8.75. The zero-order chi connectivity index (χ0) is 17.9. The normalized spacial score (nSPS) is 10.5. The van der Waals surface area contributed by atoms with Gasteiger partial charge in [0.1, 0.15) is 12.4 Å². The molecular formula is C18H32O5S. The maximum absolute atomic E-state index is 11.6. The van der Waals surface area contributed by atoms with E-state index in [0.29, 0.717) is 52.1 Å². The molecular weight excluding hydrogens is 328 g/mol. The Morgan fingerprint density at radius 2 is 1.46 bits per heavy atom. The number of carbonyl (C=O) groups is 2. The molecule has 0 unspecified atom stereocenters. The highest BCUT2D eigenvalue weighted by Crippen LogP contribution is 2.07. The number of Topliss-reactive ketones (excluding diaryl/α,β-unsaturated/α-hetero) is 1. The fraction of sp³-hybridized carbons (Fsp3) is 0.778. The van der Waals surface area contributed by atoms with Crippen LogP contribution in [-0.2, 0) is 23.8 Å². The zero-order valence-corrected chi connectivity index (χ0v) is 15.6. The Morgan fingerprint density at radius 3 is 2.17 bits per heavy atom. The van der Waals surface area contributed by atoms with Crippen molar-refractivity contribution in [3.63, 3.8) is 0 Å². The highest BCUT2D eigenvalue weighted by Gasteiger charge is 2.05. The summed E-state index contributed by atoms with van der Waals surface area (Å²) in [6.45, 7) is 5.65. The average molecular weight is 361 g/mol. The third kappa shape index (κ3) is 17.5. The summed E-state index contributed by atoms with van der Waals surface area (Å²) in [5, 5.41) is 0. The molecule has 0 saturated carbocycles. The molecule has 0 heterocycles. The summed E-state index contributed by atoms with van der Waals surface area (Å²) < 4.78 is 15.5. The fourth-order valence-corrected chi connectivity index (χ4v) is 2.22. The minimum Gasteiger partial charge on any atom is -0.463 e. The Labute approximate surface area is 151 Å². The van der Waals surface area contributed by atoms with Gasteiger partial charge >= 0.3 is 5.97 Å². The summed E-state index contributed by atoms with van der Waals surface area (Å²) in [5.74, 6) is 0.932. The van der Waals surface area contributed by atoms with Crippen LogP contribution >= 0.6 is 12.6 Å². The van der Waals surface area contributed by atoms with Crippen molar-refractivity contribution in [3.05, 3.63) is 12.7 Å². The predicted octanol–water partition coefficient (Wildman–Crippen LogP) is 3.37. The van der Waals surface area contributed by atoms with Gasteiger partial charge in [-0.1, -0.05) is 12.5 Å². The van der Waals surface area contributed by atoms with Crippen molar-refractivity contribution < 1.29 is 23.8 Å². The Morgan fingerprint density at radius 1 is 0.833 bits per heavy atom. The topological polar surface area (TPSA) is 61.8 Å². The number of ketones is 1. The van der Waals surface area contributed by atoms with Crippen molar-refractivity contribution in [2.24, 2.45) is 0 Å². The minimum atomic E-state index is -0.234. The SMILES string of the molecule is C=CCOCCOCCOC(=O)CCCCC(=O)CCCCCS. The second-order valence-electron chi connectivity index (χ2n) is 5.48. The van der Waals surface area contributed by atoms with E-state index in [1.807, 2.05) is 0 Å². The Bertz CT molecular complexity index is 333. The van der Waals surface area contributed by atoms with Crippen molar-refractivity contribution in [3.8, 4) is 0 Å². The second kappa shape index (κ2) is 18.5. The van der Waals surface area contributed by atoms with Crippen LogP contribution in [0.2, 0.25) is 0 Å². The molecule has 0 spiro atoms. The number of rotatable bonds is 18. The van der Waals surface area contributed by atoms with Crippen LogP contribution in [0, 0.1) is 0 Å². The predicted molar refractivity (Wildman–Crippen MR) is 98.6 cm³/mol. The van der Waals surface area contributed by atoms with Crippen molar-refractivity contribution in [1.82, 2.24) is 0 Å². The molecule has 24 heavy (non-hydrogen) atoms. The van der Waals surface area contributed by atoms with Crippen molar-refractivity contribution in [2.45, 2.75) is 51.4 Å². The van der Waals surface area contributed by atoms with E-state index in [-0.39, 0.29) is 18.4 Å². The largest absolute Gasteiger partial charge is 0.463 e. The van der Waals surface area contributed by atoms with Gasteiger partial charge in [-0.25, -0.2) is 0 Å². The van der Waals surface area contributed by atoms with Gasteiger partial charge in [0.25, 0.3) is 0 Å². The van der Waals surface area contributed by atoms with Crippen LogP contribution in [-0.4, -0.2) is 50.5 Å². The maximum Gasteiger partial charge on any atom is 0.305 e. The summed E-state index contributed by atoms with van der Waals surface area (Å²) >= 11 is 4.14. The van der Waals surface area contributed by atoms with Crippen LogP contribution in [0.4, 0.5) is 0 Å². The third-order valence-corrected chi connectivity index (χ3v) is 3.61. The number of thiol groups is 1. The Balaban J connectivity index is 3.31. The van der Waals surface area contributed by atoms with Gasteiger partial charge in [0.05, 0.1) is 26.4 Å². The molecule has 0 fully saturated rings. The molecule has 0 rings (SSSR count). The molecule has 0 aromatic heterocycles. The minimum absolute atomic E-state index is 0.234. The highest BCUT2D eigenvalue weighted by atomic mass is 32.1. The van der Waals surface area contributed by atoms with Gasteiger partial charge in [0.2, 0.25) is 0 Å². The zero-order valence-electron chi connectivity index (χ0n) is 14.7. The lowest BCUT2D eigenvalue weighted by atomic mass is 10.1. The Hall–Kier alpha value is -0.850. The van der Waals surface area contributed by atoms with E-state index in [9.17, 15) is 9.59 Å². The molecule has 0 aromatic rings. The lowest BCUT2D eigenvalue weighted by Crippen LogP contribution is -2.12. The van der Waals surface area contributed by atoms with E-state index >= 15 is 0 Å². The highest BCUT2D eigenvalue weighted by molar-refractivity contribution is 7.80. The number of carbonyl (C=O) groups excluding carboxylic acids is 2. The molecule has 0 N–H and O–H groups in total. The lowest BCUT2D eigenvalue weighted by Gasteiger charge is -2.06. The molecule has 0 aliphatic carbocycles. The summed E-state index contributed by atoms with van der Waals surface area (Å²) in [7, 11) is 0. The van der Waals surface area contributed by atoms with Gasteiger partial charge in [0.15, 0.2) is 0 Å². The van der Waals surface area contributed by atoms with E-state index in [0.717, 1.165) is 31.4 Å². The van der Waals surface area contributed by atoms with E-state index in [1.54, 1.807) is 6.08 Å². The quantitative estimate of drug-likeness (QED) is 0.176. The first kappa shape index (κ1) is 23.1. The van der Waals surface area contributed by atoms with Crippen molar-refractivity contribution in [1.29, 1.82) is 0 Å². The third-order valence-electron chi connectivity index (χ3n) is 3.30. The van der Waals surface area contributed by atoms with Crippen molar-refractivity contribution in [2.75, 3.05) is 38.8 Å². The molecule has 0 bridgehead atoms. The average Bonchev–Trinajstić information content (AvgIpc) is 2.58. The van der Waals surface area contributed by atoms with Crippen LogP contribution in [0.1, 0.15) is 51.4 Å². The second-order valence-corrected chi connectivity index (χ2v) is 5.92. The number of hydrogen-bond acceptors (Lipinski definition) is 6. The van der Waals surface area contributed by atoms with E-state index in [1.165, 1.54) is 0 Å². The summed E-state index contributed by atoms with van der Waals surface area (Å²) in [6.07, 6.45) is 7.75. The number of ether oxygens (including phenoxy) is 3. The molecule has 0 saturated heterocycles. The molecule has 6 heteroatoms. The van der Waals surface area contributed by atoms with Gasteiger partial charge in [-0.2, -0.15) is 12.6 Å². The van der Waals surface area contributed by atoms with E-state index in [4.69, 9.17) is 14.2 Å². The van der Waals surface area contributed by atoms with Crippen LogP contribution < -0.4 is 0 Å². The Kier molecular flexibility index (Phi) is 17.8. The summed E-state index contributed by atoms with van der Waals surface area (Å²) in [6, 6.07) is 0. The first-order chi connectivity index (χ1) is 11.7. The lowest BCUT2D eigenvalue weighted by molar-refractivity contribution is -0.145. The number of hydrogen-bond donors (Lipinski definition) is 1. The van der Waals surface area contributed by atoms with E-state index < -0.39 is 0 Å². The molecule has 5 nitrogen and oxygen atoms in total. The standard InChI is InChI=1S/C18H32O5S/c1-2-11-21-12-13-22-14-15-23-18(20)10-6-5-9-17(19)8-4-3-7-16-24/h2,24H,1,3-16H2. The summed E-state index contributed by atoms with van der Waals surface area (Å²) in [4.78, 5) is 23.1. The van der Waals surface area contributed by atoms with Crippen molar-refractivity contribution >= 4 is 24.4 Å². The number of esters is 1. The van der Waals surface area contributed by atoms with Crippen LogP contribution in [0.3, 0.4) is 0 Å². The molecule has 140 valence electrons. The van der Waals surface area contributed by atoms with Gasteiger partial charge in [-0.15, -0.1) is 6.58 Å². The molecule has 0 aliphatic rings. The van der Waals surface area contributed by atoms with Gasteiger partial charge in [0, 0.05) is 19.3 Å². The first-order valence-corrected chi connectivity index (χ1v) is 9.38. The van der Waals surface area contributed by atoms with Crippen LogP contribution in [0.15, 0.2) is 12.7 Å². The van der Waals surface area contributed by atoms with Gasteiger partial charge in [-0.3, -0.25) is 9.59 Å².